The average molecular weight is 422 g/mol. The van der Waals surface area contributed by atoms with Crippen LogP contribution in [0.25, 0.3) is 0 Å². The highest BCUT2D eigenvalue weighted by atomic mass is 127. The van der Waals surface area contributed by atoms with Gasteiger partial charge in [-0.25, -0.2) is 9.38 Å². The molecule has 0 aromatic heterocycles. The Morgan fingerprint density at radius 2 is 1.95 bits per heavy atom. The van der Waals surface area contributed by atoms with Crippen molar-refractivity contribution in [3.05, 3.63) is 35.6 Å². The fourth-order valence-corrected chi connectivity index (χ4v) is 1.61. The minimum atomic E-state index is -0.227. The molecule has 126 valence electrons. The molecule has 2 N–H and O–H groups in total. The molecule has 0 atom stereocenters. The first kappa shape index (κ1) is 21.1. The van der Waals surface area contributed by atoms with Crippen LogP contribution in [0, 0.1) is 5.82 Å². The molecule has 1 aromatic carbocycles. The van der Waals surface area contributed by atoms with Crippen molar-refractivity contribution in [3.8, 4) is 0 Å². The molecule has 0 heterocycles. The number of hydrogen-bond donors (Lipinski definition) is 2. The third kappa shape index (κ3) is 7.40. The summed E-state index contributed by atoms with van der Waals surface area (Å²) in [5.74, 6) is 0.520. The molecule has 0 radical (unpaired) electrons. The number of rotatable bonds is 6. The predicted molar refractivity (Wildman–Crippen MR) is 102 cm³/mol. The van der Waals surface area contributed by atoms with Gasteiger partial charge < -0.3 is 15.5 Å². The lowest BCUT2D eigenvalue weighted by molar-refractivity contribution is 0.197. The third-order valence-corrected chi connectivity index (χ3v) is 3.55. The largest absolute Gasteiger partial charge is 0.357 e. The molecule has 0 unspecified atom stereocenters. The topological polar surface area (TPSA) is 39.7 Å². The highest BCUT2D eigenvalue weighted by Gasteiger charge is 2.20. The molecule has 0 aliphatic carbocycles. The van der Waals surface area contributed by atoms with E-state index in [1.165, 1.54) is 12.1 Å². The van der Waals surface area contributed by atoms with Gasteiger partial charge in [-0.2, -0.15) is 0 Å². The Bertz CT molecular complexity index is 475. The van der Waals surface area contributed by atoms with Gasteiger partial charge in [-0.3, -0.25) is 0 Å². The van der Waals surface area contributed by atoms with Gasteiger partial charge in [0, 0.05) is 18.6 Å². The molecule has 0 aliphatic heterocycles. The minimum Gasteiger partial charge on any atom is -0.357 e. The van der Waals surface area contributed by atoms with Crippen LogP contribution >= 0.6 is 24.0 Å². The summed E-state index contributed by atoms with van der Waals surface area (Å²) in [4.78, 5) is 6.66. The molecule has 0 saturated heterocycles. The first-order chi connectivity index (χ1) is 9.85. The number of benzene rings is 1. The number of aliphatic imine (C=N–C) groups is 1. The van der Waals surface area contributed by atoms with E-state index in [0.29, 0.717) is 6.54 Å². The van der Waals surface area contributed by atoms with Crippen molar-refractivity contribution >= 4 is 29.9 Å². The van der Waals surface area contributed by atoms with E-state index in [9.17, 15) is 4.39 Å². The number of hydrogen-bond acceptors (Lipinski definition) is 2. The van der Waals surface area contributed by atoms with E-state index in [-0.39, 0.29) is 35.3 Å². The Balaban J connectivity index is 0.00000441. The van der Waals surface area contributed by atoms with Gasteiger partial charge in [-0.1, -0.05) is 12.1 Å². The van der Waals surface area contributed by atoms with Gasteiger partial charge in [0.2, 0.25) is 0 Å². The molecule has 4 nitrogen and oxygen atoms in total. The number of nitrogens with zero attached hydrogens (tertiary/aromatic N) is 2. The zero-order chi connectivity index (χ0) is 15.9. The molecule has 1 rings (SSSR count). The van der Waals surface area contributed by atoms with Gasteiger partial charge >= 0.3 is 0 Å². The van der Waals surface area contributed by atoms with E-state index in [1.54, 1.807) is 6.07 Å². The van der Waals surface area contributed by atoms with Crippen LogP contribution in [0.4, 0.5) is 4.39 Å². The number of guanidine groups is 1. The first-order valence-electron chi connectivity index (χ1n) is 7.29. The van der Waals surface area contributed by atoms with Crippen molar-refractivity contribution in [2.75, 3.05) is 27.2 Å². The maximum Gasteiger partial charge on any atom is 0.191 e. The molecule has 0 bridgehead atoms. The quantitative estimate of drug-likeness (QED) is 0.421. The Hall–Kier alpha value is -0.890. The van der Waals surface area contributed by atoms with E-state index in [0.717, 1.165) is 24.6 Å². The molecule has 0 fully saturated rings. The average Bonchev–Trinajstić information content (AvgIpc) is 2.42. The first-order valence-corrected chi connectivity index (χ1v) is 7.29. The summed E-state index contributed by atoms with van der Waals surface area (Å²) in [6.07, 6.45) is 0. The summed E-state index contributed by atoms with van der Waals surface area (Å²) < 4.78 is 13.1. The molecular formula is C16H28FIN4. The van der Waals surface area contributed by atoms with E-state index in [1.807, 2.05) is 13.0 Å². The van der Waals surface area contributed by atoms with Gasteiger partial charge in [0.05, 0.1) is 6.54 Å². The van der Waals surface area contributed by atoms with E-state index in [2.05, 4.69) is 48.5 Å². The van der Waals surface area contributed by atoms with Crippen LogP contribution in [0.2, 0.25) is 0 Å². The Morgan fingerprint density at radius 3 is 2.50 bits per heavy atom. The summed E-state index contributed by atoms with van der Waals surface area (Å²) >= 11 is 0. The zero-order valence-corrected chi connectivity index (χ0v) is 16.4. The van der Waals surface area contributed by atoms with Crippen LogP contribution in [0.15, 0.2) is 29.3 Å². The van der Waals surface area contributed by atoms with Crippen molar-refractivity contribution in [3.63, 3.8) is 0 Å². The number of likely N-dealkylation sites (N-methyl/N-ethyl adjacent to an activating group) is 1. The highest BCUT2D eigenvalue weighted by molar-refractivity contribution is 14.0. The fraction of sp³-hybridized carbons (Fsp3) is 0.562. The monoisotopic (exact) mass is 422 g/mol. The van der Waals surface area contributed by atoms with Crippen LogP contribution in [0.3, 0.4) is 0 Å². The number of nitrogens with one attached hydrogen (secondary N) is 2. The van der Waals surface area contributed by atoms with E-state index in [4.69, 9.17) is 0 Å². The van der Waals surface area contributed by atoms with Crippen LogP contribution in [0.1, 0.15) is 26.3 Å². The molecule has 0 aliphatic rings. The Labute approximate surface area is 150 Å². The van der Waals surface area contributed by atoms with Crippen molar-refractivity contribution in [2.24, 2.45) is 4.99 Å². The van der Waals surface area contributed by atoms with Crippen molar-refractivity contribution in [1.29, 1.82) is 0 Å². The van der Waals surface area contributed by atoms with Crippen LogP contribution in [-0.4, -0.2) is 43.6 Å². The van der Waals surface area contributed by atoms with Crippen LogP contribution < -0.4 is 10.6 Å². The number of halogens is 2. The second-order valence-electron chi connectivity index (χ2n) is 5.89. The Kier molecular flexibility index (Phi) is 9.59. The zero-order valence-electron chi connectivity index (χ0n) is 14.1. The van der Waals surface area contributed by atoms with Gasteiger partial charge in [0.15, 0.2) is 5.96 Å². The highest BCUT2D eigenvalue weighted by Crippen LogP contribution is 2.08. The summed E-state index contributed by atoms with van der Waals surface area (Å²) in [7, 11) is 4.11. The summed E-state index contributed by atoms with van der Waals surface area (Å²) in [5.41, 5.74) is 0.883. The molecule has 22 heavy (non-hydrogen) atoms. The second-order valence-corrected chi connectivity index (χ2v) is 5.89. The maximum absolute atomic E-state index is 13.1. The van der Waals surface area contributed by atoms with Gasteiger partial charge in [0.25, 0.3) is 0 Å². The van der Waals surface area contributed by atoms with Crippen molar-refractivity contribution in [2.45, 2.75) is 32.9 Å². The van der Waals surface area contributed by atoms with E-state index >= 15 is 0 Å². The van der Waals surface area contributed by atoms with Gasteiger partial charge in [-0.05, 0) is 52.6 Å². The summed E-state index contributed by atoms with van der Waals surface area (Å²) in [6, 6.07) is 6.53. The Morgan fingerprint density at radius 1 is 1.27 bits per heavy atom. The van der Waals surface area contributed by atoms with Crippen molar-refractivity contribution < 1.29 is 4.39 Å². The molecule has 1 aromatic rings. The van der Waals surface area contributed by atoms with Crippen LogP contribution in [0.5, 0.6) is 0 Å². The van der Waals surface area contributed by atoms with Crippen LogP contribution in [-0.2, 0) is 6.54 Å². The molecular weight excluding hydrogens is 394 g/mol. The lowest BCUT2D eigenvalue weighted by atomic mass is 10.0. The SMILES string of the molecule is CCNC(=NCc1cccc(F)c1)NCC(C)(C)N(C)C.I. The van der Waals surface area contributed by atoms with Gasteiger partial charge in [-0.15, -0.1) is 24.0 Å². The normalized spacial score (nSPS) is 12.0. The summed E-state index contributed by atoms with van der Waals surface area (Å²) in [6.45, 7) is 8.37. The minimum absolute atomic E-state index is 0. The smallest absolute Gasteiger partial charge is 0.191 e. The van der Waals surface area contributed by atoms with Gasteiger partial charge in [0.1, 0.15) is 5.82 Å². The molecule has 0 amide bonds. The standard InChI is InChI=1S/C16H27FN4.HI/c1-6-18-15(20-12-16(2,3)21(4)5)19-11-13-8-7-9-14(17)10-13;/h7-10H,6,11-12H2,1-5H3,(H2,18,19,20);1H. The third-order valence-electron chi connectivity index (χ3n) is 3.55. The lowest BCUT2D eigenvalue weighted by Gasteiger charge is -2.33. The van der Waals surface area contributed by atoms with Crippen molar-refractivity contribution in [1.82, 2.24) is 15.5 Å². The predicted octanol–water partition coefficient (Wildman–Crippen LogP) is 2.84. The second kappa shape index (κ2) is 9.99. The molecule has 6 heteroatoms. The fourth-order valence-electron chi connectivity index (χ4n) is 1.61. The molecule has 0 spiro atoms. The lowest BCUT2D eigenvalue weighted by Crippen LogP contribution is -2.50. The molecule has 0 saturated carbocycles. The summed E-state index contributed by atoms with van der Waals surface area (Å²) in [5, 5.41) is 6.54. The maximum atomic E-state index is 13.1. The van der Waals surface area contributed by atoms with E-state index < -0.39 is 0 Å².